The summed E-state index contributed by atoms with van der Waals surface area (Å²) in [5.41, 5.74) is 0. The molecule has 3 heterocycles. The van der Waals surface area contributed by atoms with E-state index in [0.717, 1.165) is 0 Å². The van der Waals surface area contributed by atoms with Crippen molar-refractivity contribution >= 4 is 31.4 Å². The molecule has 3 aliphatic rings. The Bertz CT molecular complexity index is 475. The maximum Gasteiger partial charge on any atom is 0.514 e. The highest BCUT2D eigenvalue weighted by Crippen LogP contribution is 2.51. The van der Waals surface area contributed by atoms with E-state index in [9.17, 15) is 35.1 Å². The Morgan fingerprint density at radius 1 is 0.885 bits per heavy atom. The molecule has 2 bridgehead atoms. The number of halogens is 9. The first-order chi connectivity index (χ1) is 11.9. The van der Waals surface area contributed by atoms with Crippen molar-refractivity contribution in [2.24, 2.45) is 0 Å². The van der Waals surface area contributed by atoms with Gasteiger partial charge in [0.2, 0.25) is 0 Å². The van der Waals surface area contributed by atoms with Gasteiger partial charge in [-0.25, -0.2) is 8.78 Å². The van der Waals surface area contributed by atoms with E-state index in [2.05, 4.69) is 0 Å². The van der Waals surface area contributed by atoms with Gasteiger partial charge in [0.15, 0.2) is 0 Å². The minimum absolute atomic E-state index is 0.0287. The third-order valence-corrected chi connectivity index (χ3v) is 9.62. The molecule has 3 rings (SSSR count). The van der Waals surface area contributed by atoms with Crippen LogP contribution in [0.4, 0.5) is 35.1 Å². The van der Waals surface area contributed by atoms with Gasteiger partial charge in [-0.15, -0.1) is 0 Å². The average molecular weight is 529 g/mol. The van der Waals surface area contributed by atoms with Crippen molar-refractivity contribution in [1.82, 2.24) is 4.90 Å². The number of fused-ring (bicyclic) bond motifs is 6. The minimum atomic E-state index is -6.25. The van der Waals surface area contributed by atoms with E-state index < -0.39 is 43.0 Å². The zero-order chi connectivity index (χ0) is 19.8. The Kier molecular flexibility index (Phi) is 6.86. The summed E-state index contributed by atoms with van der Waals surface area (Å²) >= 11 is 1.32. The van der Waals surface area contributed by atoms with Crippen molar-refractivity contribution in [3.05, 3.63) is 0 Å². The molecule has 0 unspecified atom stereocenters. The molecule has 1 atom stereocenters. The lowest BCUT2D eigenvalue weighted by atomic mass is 10.0. The van der Waals surface area contributed by atoms with Crippen LogP contribution in [-0.4, -0.2) is 80.9 Å². The van der Waals surface area contributed by atoms with Crippen molar-refractivity contribution in [3.63, 3.8) is 0 Å². The fourth-order valence-corrected chi connectivity index (χ4v) is 7.14. The van der Waals surface area contributed by atoms with Crippen LogP contribution < -0.4 is 0 Å². The predicted molar refractivity (Wildman–Crippen MR) is 83.3 cm³/mol. The molecule has 14 heteroatoms. The summed E-state index contributed by atoms with van der Waals surface area (Å²) in [6, 6.07) is 0. The van der Waals surface area contributed by atoms with Gasteiger partial charge in [0.25, 0.3) is 0 Å². The van der Waals surface area contributed by atoms with Crippen LogP contribution in [0.2, 0.25) is 0 Å². The zero-order valence-electron chi connectivity index (χ0n) is 13.2. The molecule has 3 saturated heterocycles. The molecule has 26 heavy (non-hydrogen) atoms. The quantitative estimate of drug-likeness (QED) is 0.229. The van der Waals surface area contributed by atoms with Gasteiger partial charge < -0.3 is 13.3 Å². The van der Waals surface area contributed by atoms with Crippen molar-refractivity contribution < 1.29 is 48.4 Å². The Labute approximate surface area is 158 Å². The first-order valence-electron chi connectivity index (χ1n) is 7.55. The van der Waals surface area contributed by atoms with Gasteiger partial charge in [0.05, 0.1) is 23.4 Å². The molecule has 3 aliphatic heterocycles. The highest BCUT2D eigenvalue weighted by molar-refractivity contribution is 14.1. The van der Waals surface area contributed by atoms with E-state index in [4.69, 9.17) is 13.3 Å². The topological polar surface area (TPSA) is 30.9 Å². The van der Waals surface area contributed by atoms with E-state index in [1.54, 1.807) is 0 Å². The van der Waals surface area contributed by atoms with Crippen LogP contribution in [0.3, 0.4) is 0 Å². The fourth-order valence-electron chi connectivity index (χ4n) is 2.54. The molecule has 0 saturated carbocycles. The molecule has 0 spiro atoms. The van der Waals surface area contributed by atoms with E-state index >= 15 is 0 Å². The van der Waals surface area contributed by atoms with E-state index in [0.29, 0.717) is 19.6 Å². The van der Waals surface area contributed by atoms with Crippen LogP contribution >= 0.6 is 22.6 Å². The summed E-state index contributed by atoms with van der Waals surface area (Å²) in [4.78, 5) is 1.92. The molecule has 3 fully saturated rings. The Hall–Kier alpha value is 0.227. The normalized spacial score (nSPS) is 30.0. The second-order valence-corrected chi connectivity index (χ2v) is 11.3. The van der Waals surface area contributed by atoms with Crippen LogP contribution in [0.5, 0.6) is 0 Å². The lowest BCUT2D eigenvalue weighted by molar-refractivity contribution is -0.339. The molecule has 4 nitrogen and oxygen atoms in total. The molecule has 154 valence electrons. The number of hydrogen-bond donors (Lipinski definition) is 0. The first kappa shape index (κ1) is 22.5. The van der Waals surface area contributed by atoms with Crippen LogP contribution in [-0.2, 0) is 13.3 Å². The molecular weight excluding hydrogens is 513 g/mol. The monoisotopic (exact) mass is 529 g/mol. The van der Waals surface area contributed by atoms with E-state index in [-0.39, 0.29) is 19.8 Å². The Morgan fingerprint density at radius 3 is 1.69 bits per heavy atom. The number of nitrogens with zero attached hydrogens (tertiary/aromatic N) is 1. The van der Waals surface area contributed by atoms with Gasteiger partial charge >= 0.3 is 33.0 Å². The summed E-state index contributed by atoms with van der Waals surface area (Å²) in [5, 5.41) is 0. The molecule has 0 aliphatic carbocycles. The smallest absolute Gasteiger partial charge is 0.371 e. The van der Waals surface area contributed by atoms with Gasteiger partial charge in [0, 0.05) is 26.1 Å². The Balaban J connectivity index is 2.21. The predicted octanol–water partition coefficient (Wildman–Crippen LogP) is 3.21. The van der Waals surface area contributed by atoms with Gasteiger partial charge in [-0.05, 0) is 0 Å². The summed E-state index contributed by atoms with van der Waals surface area (Å²) in [6.07, 6.45) is -6.79. The maximum absolute atomic E-state index is 13.9. The van der Waals surface area contributed by atoms with Gasteiger partial charge in [0.1, 0.15) is 0 Å². The van der Waals surface area contributed by atoms with E-state index in [1.165, 1.54) is 22.6 Å². The molecule has 0 N–H and O–H groups in total. The lowest BCUT2D eigenvalue weighted by Crippen LogP contribution is -2.63. The summed E-state index contributed by atoms with van der Waals surface area (Å²) < 4.78 is 120. The highest BCUT2D eigenvalue weighted by atomic mass is 127. The van der Waals surface area contributed by atoms with Gasteiger partial charge in [-0.1, -0.05) is 22.6 Å². The maximum atomic E-state index is 13.9. The lowest BCUT2D eigenvalue weighted by Gasteiger charge is -2.41. The van der Waals surface area contributed by atoms with Gasteiger partial charge in [-0.3, -0.25) is 4.90 Å². The molecule has 0 radical (unpaired) electrons. The molecule has 0 amide bonds. The first-order valence-corrected chi connectivity index (χ1v) is 10.6. The Morgan fingerprint density at radius 2 is 1.31 bits per heavy atom. The summed E-state index contributed by atoms with van der Waals surface area (Å²) in [5.74, 6) is -17.9. The second-order valence-electron chi connectivity index (χ2n) is 5.86. The third kappa shape index (κ3) is 4.13. The molecule has 0 aromatic rings. The van der Waals surface area contributed by atoms with Crippen LogP contribution in [0, 0.1) is 0 Å². The average Bonchev–Trinajstić information content (AvgIpc) is 2.44. The van der Waals surface area contributed by atoms with Crippen LogP contribution in [0.1, 0.15) is 6.42 Å². The second kappa shape index (κ2) is 7.92. The number of alkyl halides is 9. The standard InChI is InChI=1S/C12H16F8INO3Si/c13-9(14)11(17,18)12(19,20)10(15,16)7-8(21)26-23-4-1-22(2-5-24-26)3-6-25-26/h8-9H,1-7H2/t8-/m1/s1. The van der Waals surface area contributed by atoms with Crippen molar-refractivity contribution in [2.45, 2.75) is 34.2 Å². The van der Waals surface area contributed by atoms with Crippen molar-refractivity contribution in [2.75, 3.05) is 39.5 Å². The van der Waals surface area contributed by atoms with Crippen molar-refractivity contribution in [1.29, 1.82) is 0 Å². The molecule has 0 aromatic heterocycles. The van der Waals surface area contributed by atoms with Crippen molar-refractivity contribution in [3.8, 4) is 0 Å². The third-order valence-electron chi connectivity index (χ3n) is 4.10. The minimum Gasteiger partial charge on any atom is -0.371 e. The number of rotatable bonds is 6. The number of hydrogen-bond acceptors (Lipinski definition) is 4. The molecule has 0 aromatic carbocycles. The zero-order valence-corrected chi connectivity index (χ0v) is 16.3. The highest BCUT2D eigenvalue weighted by Gasteiger charge is 2.76. The molecular formula is C12H16F8INO3Si. The fraction of sp³-hybridized carbons (Fsp3) is 1.00. The van der Waals surface area contributed by atoms with Gasteiger partial charge in [-0.2, -0.15) is 26.3 Å². The van der Waals surface area contributed by atoms with Crippen LogP contribution in [0.25, 0.3) is 0 Å². The largest absolute Gasteiger partial charge is 0.514 e. The SMILES string of the molecule is FC(F)C(F)(F)C(F)(F)C(F)(F)C[C@H](I)[Si]12OCCN(CCO1)CCO2. The summed E-state index contributed by atoms with van der Waals surface area (Å²) in [7, 11) is -3.89. The summed E-state index contributed by atoms with van der Waals surface area (Å²) in [6.45, 7) is 1.42. The van der Waals surface area contributed by atoms with Crippen LogP contribution in [0.15, 0.2) is 0 Å². The van der Waals surface area contributed by atoms with E-state index in [1.807, 2.05) is 4.90 Å².